The van der Waals surface area contributed by atoms with Gasteiger partial charge in [0.1, 0.15) is 11.5 Å². The second-order valence-electron chi connectivity index (χ2n) is 5.06. The monoisotopic (exact) mass is 364 g/mol. The molecule has 2 aromatic carbocycles. The highest BCUT2D eigenvalue weighted by atomic mass is 32.2. The second kappa shape index (κ2) is 8.50. The van der Waals surface area contributed by atoms with Crippen molar-refractivity contribution < 1.29 is 22.7 Å². The van der Waals surface area contributed by atoms with Crippen LogP contribution < -0.4 is 19.5 Å². The Balaban J connectivity index is 1.85. The summed E-state index contributed by atoms with van der Waals surface area (Å²) in [7, 11) is -0.610. The molecule has 134 valence electrons. The predicted molar refractivity (Wildman–Crippen MR) is 93.5 cm³/mol. The zero-order valence-electron chi connectivity index (χ0n) is 14.0. The zero-order chi connectivity index (χ0) is 18.3. The maximum absolute atomic E-state index is 12.1. The van der Waals surface area contributed by atoms with Crippen LogP contribution in [0, 0.1) is 0 Å². The molecule has 0 spiro atoms. The fourth-order valence-electron chi connectivity index (χ4n) is 2.07. The minimum Gasteiger partial charge on any atom is -0.497 e. The average Bonchev–Trinajstić information content (AvgIpc) is 2.65. The maximum Gasteiger partial charge on any atom is 0.251 e. The van der Waals surface area contributed by atoms with Crippen LogP contribution in [0.15, 0.2) is 53.4 Å². The first kappa shape index (κ1) is 18.8. The molecule has 8 heteroatoms. The number of ether oxygens (including phenoxy) is 2. The number of methoxy groups -OCH3 is 2. The summed E-state index contributed by atoms with van der Waals surface area (Å²) in [6, 6.07) is 12.8. The minimum atomic E-state index is -3.64. The second-order valence-corrected chi connectivity index (χ2v) is 6.83. The highest BCUT2D eigenvalue weighted by Crippen LogP contribution is 2.15. The molecule has 25 heavy (non-hydrogen) atoms. The van der Waals surface area contributed by atoms with Crippen molar-refractivity contribution in [1.29, 1.82) is 0 Å². The van der Waals surface area contributed by atoms with Gasteiger partial charge in [-0.1, -0.05) is 6.07 Å². The van der Waals surface area contributed by atoms with Crippen LogP contribution in [-0.2, 0) is 10.0 Å². The van der Waals surface area contributed by atoms with Gasteiger partial charge in [0.05, 0.1) is 19.1 Å². The molecule has 0 atom stereocenters. The number of hydrogen-bond donors (Lipinski definition) is 2. The highest BCUT2D eigenvalue weighted by Gasteiger charge is 2.13. The van der Waals surface area contributed by atoms with E-state index in [1.807, 2.05) is 0 Å². The number of rotatable bonds is 8. The SMILES string of the molecule is COc1ccc(S(=O)(=O)NCCNC(=O)c2cccc(OC)c2)cc1. The van der Waals surface area contributed by atoms with Crippen LogP contribution in [0.2, 0.25) is 0 Å². The fraction of sp³-hybridized carbons (Fsp3) is 0.235. The number of amides is 1. The van der Waals surface area contributed by atoms with E-state index >= 15 is 0 Å². The molecule has 0 aliphatic rings. The lowest BCUT2D eigenvalue weighted by molar-refractivity contribution is 0.0954. The molecule has 2 rings (SSSR count). The summed E-state index contributed by atoms with van der Waals surface area (Å²) in [5.41, 5.74) is 0.442. The first-order valence-electron chi connectivity index (χ1n) is 7.52. The summed E-state index contributed by atoms with van der Waals surface area (Å²) in [6.07, 6.45) is 0. The van der Waals surface area contributed by atoms with Crippen LogP contribution in [0.5, 0.6) is 11.5 Å². The Hall–Kier alpha value is -2.58. The predicted octanol–water partition coefficient (Wildman–Crippen LogP) is 1.41. The summed E-state index contributed by atoms with van der Waals surface area (Å²) >= 11 is 0. The van der Waals surface area contributed by atoms with E-state index in [9.17, 15) is 13.2 Å². The van der Waals surface area contributed by atoms with Crippen LogP contribution >= 0.6 is 0 Å². The molecule has 0 fully saturated rings. The lowest BCUT2D eigenvalue weighted by Crippen LogP contribution is -2.34. The number of nitrogens with one attached hydrogen (secondary N) is 2. The van der Waals surface area contributed by atoms with Crippen molar-refractivity contribution in [2.75, 3.05) is 27.3 Å². The normalized spacial score (nSPS) is 11.0. The number of carbonyl (C=O) groups is 1. The van der Waals surface area contributed by atoms with Crippen LogP contribution in [0.3, 0.4) is 0 Å². The largest absolute Gasteiger partial charge is 0.497 e. The van der Waals surface area contributed by atoms with E-state index in [-0.39, 0.29) is 23.9 Å². The third-order valence-electron chi connectivity index (χ3n) is 3.40. The van der Waals surface area contributed by atoms with Crippen LogP contribution in [-0.4, -0.2) is 41.6 Å². The molecule has 0 bridgehead atoms. The molecule has 0 saturated carbocycles. The number of benzene rings is 2. The van der Waals surface area contributed by atoms with E-state index in [2.05, 4.69) is 10.0 Å². The summed E-state index contributed by atoms with van der Waals surface area (Å²) in [5, 5.41) is 2.65. The third-order valence-corrected chi connectivity index (χ3v) is 4.88. The van der Waals surface area contributed by atoms with Gasteiger partial charge >= 0.3 is 0 Å². The maximum atomic E-state index is 12.1. The van der Waals surface area contributed by atoms with E-state index in [0.717, 1.165) is 0 Å². The molecule has 2 aromatic rings. The molecule has 0 saturated heterocycles. The number of carbonyl (C=O) groups excluding carboxylic acids is 1. The summed E-state index contributed by atoms with van der Waals surface area (Å²) in [6.45, 7) is 0.232. The molecule has 0 aromatic heterocycles. The summed E-state index contributed by atoms with van der Waals surface area (Å²) in [5.74, 6) is 0.847. The van der Waals surface area contributed by atoms with Crippen molar-refractivity contribution in [3.8, 4) is 11.5 Å². The van der Waals surface area contributed by atoms with Crippen molar-refractivity contribution in [3.05, 3.63) is 54.1 Å². The Labute approximate surface area is 147 Å². The van der Waals surface area contributed by atoms with Gasteiger partial charge in [0.25, 0.3) is 5.91 Å². The molecule has 0 radical (unpaired) electrons. The molecular weight excluding hydrogens is 344 g/mol. The van der Waals surface area contributed by atoms with Gasteiger partial charge in [0, 0.05) is 18.7 Å². The average molecular weight is 364 g/mol. The third kappa shape index (κ3) is 5.20. The molecular formula is C17H20N2O5S. The van der Waals surface area contributed by atoms with Crippen molar-refractivity contribution in [3.63, 3.8) is 0 Å². The topological polar surface area (TPSA) is 93.7 Å². The van der Waals surface area contributed by atoms with Gasteiger partial charge < -0.3 is 14.8 Å². The van der Waals surface area contributed by atoms with Gasteiger partial charge in [0.2, 0.25) is 10.0 Å². The molecule has 7 nitrogen and oxygen atoms in total. The van der Waals surface area contributed by atoms with E-state index in [1.165, 1.54) is 26.4 Å². The van der Waals surface area contributed by atoms with Gasteiger partial charge in [-0.3, -0.25) is 4.79 Å². The quantitative estimate of drug-likeness (QED) is 0.691. The van der Waals surface area contributed by atoms with E-state index < -0.39 is 10.0 Å². The van der Waals surface area contributed by atoms with Gasteiger partial charge in [-0.05, 0) is 42.5 Å². The Kier molecular flexibility index (Phi) is 6.37. The fourth-order valence-corrected chi connectivity index (χ4v) is 3.10. The Bertz CT molecular complexity index is 819. The molecule has 1 amide bonds. The van der Waals surface area contributed by atoms with Crippen molar-refractivity contribution in [2.45, 2.75) is 4.90 Å². The minimum absolute atomic E-state index is 0.0735. The van der Waals surface area contributed by atoms with Gasteiger partial charge in [-0.15, -0.1) is 0 Å². The van der Waals surface area contributed by atoms with Crippen LogP contribution in [0.4, 0.5) is 0 Å². The number of hydrogen-bond acceptors (Lipinski definition) is 5. The van der Waals surface area contributed by atoms with Crippen molar-refractivity contribution in [2.24, 2.45) is 0 Å². The first-order valence-corrected chi connectivity index (χ1v) is 9.00. The smallest absolute Gasteiger partial charge is 0.251 e. The molecule has 0 aliphatic heterocycles. The molecule has 0 unspecified atom stereocenters. The van der Waals surface area contributed by atoms with Gasteiger partial charge in [-0.2, -0.15) is 0 Å². The number of sulfonamides is 1. The molecule has 0 heterocycles. The van der Waals surface area contributed by atoms with Crippen LogP contribution in [0.25, 0.3) is 0 Å². The Morgan fingerprint density at radius 1 is 0.960 bits per heavy atom. The zero-order valence-corrected chi connectivity index (χ0v) is 14.8. The first-order chi connectivity index (χ1) is 12.0. The summed E-state index contributed by atoms with van der Waals surface area (Å²) < 4.78 is 36.8. The summed E-state index contributed by atoms with van der Waals surface area (Å²) in [4.78, 5) is 12.2. The van der Waals surface area contributed by atoms with Crippen molar-refractivity contribution >= 4 is 15.9 Å². The van der Waals surface area contributed by atoms with Gasteiger partial charge in [0.15, 0.2) is 0 Å². The molecule has 0 aliphatic carbocycles. The van der Waals surface area contributed by atoms with E-state index in [4.69, 9.17) is 9.47 Å². The molecule has 2 N–H and O–H groups in total. The Morgan fingerprint density at radius 2 is 1.64 bits per heavy atom. The highest BCUT2D eigenvalue weighted by molar-refractivity contribution is 7.89. The van der Waals surface area contributed by atoms with Crippen molar-refractivity contribution in [1.82, 2.24) is 10.0 Å². The standard InChI is InChI=1S/C17H20N2O5S/c1-23-14-6-8-16(9-7-14)25(21,22)19-11-10-18-17(20)13-4-3-5-15(12-13)24-2/h3-9,12,19H,10-11H2,1-2H3,(H,18,20). The van der Waals surface area contributed by atoms with Gasteiger partial charge in [-0.25, -0.2) is 13.1 Å². The van der Waals surface area contributed by atoms with E-state index in [1.54, 1.807) is 36.4 Å². The lowest BCUT2D eigenvalue weighted by Gasteiger charge is -2.09. The lowest BCUT2D eigenvalue weighted by atomic mass is 10.2. The van der Waals surface area contributed by atoms with Crippen LogP contribution in [0.1, 0.15) is 10.4 Å². The van der Waals surface area contributed by atoms with E-state index in [0.29, 0.717) is 17.1 Å². The Morgan fingerprint density at radius 3 is 2.28 bits per heavy atom.